The molecule has 0 saturated heterocycles. The van der Waals surface area contributed by atoms with E-state index in [1.165, 1.54) is 16.9 Å². The summed E-state index contributed by atoms with van der Waals surface area (Å²) in [6.07, 6.45) is 4.11. The van der Waals surface area contributed by atoms with Crippen LogP contribution in [-0.2, 0) is 0 Å². The number of hydrogen-bond acceptors (Lipinski definition) is 3. The molecule has 1 heterocycles. The van der Waals surface area contributed by atoms with Crippen LogP contribution >= 0.6 is 27.7 Å². The highest BCUT2D eigenvalue weighted by Gasteiger charge is 2.08. The second kappa shape index (κ2) is 8.57. The minimum Gasteiger partial charge on any atom is -0.310 e. The van der Waals surface area contributed by atoms with Gasteiger partial charge in [0.25, 0.3) is 0 Å². The predicted molar refractivity (Wildman–Crippen MR) is 93.8 cm³/mol. The third-order valence-electron chi connectivity index (χ3n) is 3.25. The van der Waals surface area contributed by atoms with E-state index in [2.05, 4.69) is 64.3 Å². The molecule has 0 bridgehead atoms. The zero-order valence-corrected chi connectivity index (χ0v) is 14.9. The molecule has 1 atom stereocenters. The summed E-state index contributed by atoms with van der Waals surface area (Å²) in [7, 11) is 0. The maximum atomic E-state index is 4.39. The van der Waals surface area contributed by atoms with Crippen LogP contribution in [0, 0.1) is 0 Å². The van der Waals surface area contributed by atoms with E-state index < -0.39 is 0 Å². The van der Waals surface area contributed by atoms with Crippen LogP contribution in [0.1, 0.15) is 38.3 Å². The van der Waals surface area contributed by atoms with Crippen LogP contribution in [0.5, 0.6) is 0 Å². The standard InChI is InChI=1S/C17H21BrN2S/c1-3-11-19-16(4-2)13-5-8-15(9-6-13)21-17-10-7-14(18)12-20-17/h5-10,12,16,19H,3-4,11H2,1-2H3. The average molecular weight is 365 g/mol. The fourth-order valence-corrected chi connectivity index (χ4v) is 3.12. The third-order valence-corrected chi connectivity index (χ3v) is 4.68. The number of hydrogen-bond donors (Lipinski definition) is 1. The fourth-order valence-electron chi connectivity index (χ4n) is 2.13. The molecule has 21 heavy (non-hydrogen) atoms. The van der Waals surface area contributed by atoms with Crippen molar-refractivity contribution in [1.82, 2.24) is 10.3 Å². The molecule has 0 aliphatic heterocycles. The highest BCUT2D eigenvalue weighted by Crippen LogP contribution is 2.28. The summed E-state index contributed by atoms with van der Waals surface area (Å²) in [5.41, 5.74) is 1.36. The number of halogens is 1. The lowest BCUT2D eigenvalue weighted by molar-refractivity contribution is 0.518. The summed E-state index contributed by atoms with van der Waals surface area (Å²) >= 11 is 5.10. The quantitative estimate of drug-likeness (QED) is 0.707. The van der Waals surface area contributed by atoms with Gasteiger partial charge in [0.1, 0.15) is 5.03 Å². The summed E-state index contributed by atoms with van der Waals surface area (Å²) in [5.74, 6) is 0. The normalized spacial score (nSPS) is 12.3. The Labute approximate surface area is 139 Å². The van der Waals surface area contributed by atoms with Crippen molar-refractivity contribution in [2.24, 2.45) is 0 Å². The van der Waals surface area contributed by atoms with Gasteiger partial charge in [-0.15, -0.1) is 0 Å². The zero-order valence-electron chi connectivity index (χ0n) is 12.5. The molecule has 0 spiro atoms. The van der Waals surface area contributed by atoms with Crippen molar-refractivity contribution >= 4 is 27.7 Å². The molecule has 2 rings (SSSR count). The minimum atomic E-state index is 0.454. The highest BCUT2D eigenvalue weighted by molar-refractivity contribution is 9.10. The first kappa shape index (κ1) is 16.5. The van der Waals surface area contributed by atoms with Gasteiger partial charge in [-0.2, -0.15) is 0 Å². The molecular formula is C17H21BrN2S. The molecule has 1 unspecified atom stereocenters. The summed E-state index contributed by atoms with van der Waals surface area (Å²) < 4.78 is 1.01. The Bertz CT molecular complexity index is 540. The maximum absolute atomic E-state index is 4.39. The number of aromatic nitrogens is 1. The molecule has 0 amide bonds. The van der Waals surface area contributed by atoms with Gasteiger partial charge in [-0.3, -0.25) is 0 Å². The predicted octanol–water partition coefficient (Wildman–Crippen LogP) is 5.45. The molecule has 0 aliphatic carbocycles. The minimum absolute atomic E-state index is 0.454. The second-order valence-corrected chi connectivity index (χ2v) is 6.91. The smallest absolute Gasteiger partial charge is 0.101 e. The van der Waals surface area contributed by atoms with E-state index in [0.29, 0.717) is 6.04 Å². The summed E-state index contributed by atoms with van der Waals surface area (Å²) in [6, 6.07) is 13.3. The Morgan fingerprint density at radius 2 is 1.90 bits per heavy atom. The van der Waals surface area contributed by atoms with Crippen molar-refractivity contribution in [3.63, 3.8) is 0 Å². The van der Waals surface area contributed by atoms with Crippen molar-refractivity contribution < 1.29 is 0 Å². The Kier molecular flexibility index (Phi) is 6.74. The molecule has 2 nitrogen and oxygen atoms in total. The molecule has 0 radical (unpaired) electrons. The average Bonchev–Trinajstić information content (AvgIpc) is 2.52. The summed E-state index contributed by atoms with van der Waals surface area (Å²) in [4.78, 5) is 5.61. The number of nitrogens with zero attached hydrogens (tertiary/aromatic N) is 1. The van der Waals surface area contributed by atoms with Crippen molar-refractivity contribution in [3.05, 3.63) is 52.6 Å². The molecular weight excluding hydrogens is 344 g/mol. The first-order chi connectivity index (χ1) is 10.2. The molecule has 2 aromatic rings. The summed E-state index contributed by atoms with van der Waals surface area (Å²) in [5, 5.41) is 4.60. The first-order valence-corrected chi connectivity index (χ1v) is 8.96. The SMILES string of the molecule is CCCNC(CC)c1ccc(Sc2ccc(Br)cn2)cc1. The van der Waals surface area contributed by atoms with Gasteiger partial charge >= 0.3 is 0 Å². The largest absolute Gasteiger partial charge is 0.310 e. The van der Waals surface area contributed by atoms with Crippen LogP contribution in [0.4, 0.5) is 0 Å². The lowest BCUT2D eigenvalue weighted by Gasteiger charge is -2.17. The van der Waals surface area contributed by atoms with Crippen molar-refractivity contribution in [2.45, 2.75) is 42.7 Å². The van der Waals surface area contributed by atoms with Gasteiger partial charge in [0, 0.05) is 21.6 Å². The number of nitrogens with one attached hydrogen (secondary N) is 1. The van der Waals surface area contributed by atoms with Gasteiger partial charge in [-0.25, -0.2) is 4.98 Å². The monoisotopic (exact) mass is 364 g/mol. The molecule has 4 heteroatoms. The number of rotatable bonds is 7. The van der Waals surface area contributed by atoms with Gasteiger partial charge in [0.2, 0.25) is 0 Å². The van der Waals surface area contributed by atoms with Crippen molar-refractivity contribution in [3.8, 4) is 0 Å². The second-order valence-electron chi connectivity index (χ2n) is 4.90. The molecule has 1 aromatic heterocycles. The van der Waals surface area contributed by atoms with Gasteiger partial charge < -0.3 is 5.32 Å². The van der Waals surface area contributed by atoms with Crippen LogP contribution in [0.25, 0.3) is 0 Å². The molecule has 0 aliphatic rings. The van der Waals surface area contributed by atoms with E-state index in [0.717, 1.165) is 22.5 Å². The third kappa shape index (κ3) is 5.13. The lowest BCUT2D eigenvalue weighted by atomic mass is 10.0. The number of benzene rings is 1. The topological polar surface area (TPSA) is 24.9 Å². The molecule has 0 saturated carbocycles. The van der Waals surface area contributed by atoms with E-state index in [-0.39, 0.29) is 0 Å². The fraction of sp³-hybridized carbons (Fsp3) is 0.353. The van der Waals surface area contributed by atoms with Gasteiger partial charge in [-0.05, 0) is 65.1 Å². The Morgan fingerprint density at radius 1 is 1.14 bits per heavy atom. The molecule has 1 N–H and O–H groups in total. The highest BCUT2D eigenvalue weighted by atomic mass is 79.9. The molecule has 0 fully saturated rings. The maximum Gasteiger partial charge on any atom is 0.101 e. The first-order valence-electron chi connectivity index (χ1n) is 7.35. The van der Waals surface area contributed by atoms with Crippen LogP contribution in [-0.4, -0.2) is 11.5 Å². The van der Waals surface area contributed by atoms with Gasteiger partial charge in [0.05, 0.1) is 0 Å². The van der Waals surface area contributed by atoms with Crippen molar-refractivity contribution in [2.75, 3.05) is 6.54 Å². The molecule has 112 valence electrons. The number of pyridine rings is 1. The van der Waals surface area contributed by atoms with Crippen LogP contribution in [0.15, 0.2) is 57.0 Å². The van der Waals surface area contributed by atoms with Crippen molar-refractivity contribution in [1.29, 1.82) is 0 Å². The zero-order chi connectivity index (χ0) is 15.1. The Balaban J connectivity index is 2.02. The van der Waals surface area contributed by atoms with Gasteiger partial charge in [0.15, 0.2) is 0 Å². The van der Waals surface area contributed by atoms with Crippen LogP contribution in [0.3, 0.4) is 0 Å². The van der Waals surface area contributed by atoms with E-state index in [1.807, 2.05) is 18.3 Å². The summed E-state index contributed by atoms with van der Waals surface area (Å²) in [6.45, 7) is 5.49. The molecule has 1 aromatic carbocycles. The van der Waals surface area contributed by atoms with E-state index in [9.17, 15) is 0 Å². The van der Waals surface area contributed by atoms with Crippen LogP contribution < -0.4 is 5.32 Å². The Morgan fingerprint density at radius 3 is 2.48 bits per heavy atom. The van der Waals surface area contributed by atoms with E-state index >= 15 is 0 Å². The van der Waals surface area contributed by atoms with Gasteiger partial charge in [-0.1, -0.05) is 37.7 Å². The van der Waals surface area contributed by atoms with Crippen LogP contribution in [0.2, 0.25) is 0 Å². The lowest BCUT2D eigenvalue weighted by Crippen LogP contribution is -2.21. The Hall–Kier alpha value is -0.840. The van der Waals surface area contributed by atoms with E-state index in [4.69, 9.17) is 0 Å². The van der Waals surface area contributed by atoms with E-state index in [1.54, 1.807) is 11.8 Å².